The minimum atomic E-state index is 0.279. The van der Waals surface area contributed by atoms with Crippen LogP contribution in [-0.2, 0) is 6.54 Å². The molecule has 2 saturated carbocycles. The van der Waals surface area contributed by atoms with E-state index in [0.29, 0.717) is 6.04 Å². The molecule has 1 heterocycles. The second kappa shape index (κ2) is 5.19. The average Bonchev–Trinajstić information content (AvgIpc) is 3.11. The molecule has 3 heteroatoms. The molecule has 0 amide bonds. The summed E-state index contributed by atoms with van der Waals surface area (Å²) in [6.45, 7) is 6.57. The number of fused-ring (bicyclic) bond motifs is 2. The van der Waals surface area contributed by atoms with Gasteiger partial charge in [-0.3, -0.25) is 4.90 Å². The van der Waals surface area contributed by atoms with Gasteiger partial charge >= 0.3 is 0 Å². The van der Waals surface area contributed by atoms with Gasteiger partial charge in [0, 0.05) is 29.5 Å². The molecule has 2 aliphatic rings. The molecule has 0 spiro atoms. The van der Waals surface area contributed by atoms with Gasteiger partial charge in [-0.15, -0.1) is 11.3 Å². The maximum absolute atomic E-state index is 6.28. The Morgan fingerprint density at radius 2 is 2.32 bits per heavy atom. The predicted molar refractivity (Wildman–Crippen MR) is 82.2 cm³/mol. The van der Waals surface area contributed by atoms with Crippen LogP contribution in [0.1, 0.15) is 44.4 Å². The van der Waals surface area contributed by atoms with Gasteiger partial charge in [0.15, 0.2) is 0 Å². The van der Waals surface area contributed by atoms with Crippen molar-refractivity contribution < 1.29 is 0 Å². The molecule has 2 bridgehead atoms. The summed E-state index contributed by atoms with van der Waals surface area (Å²) in [6, 6.07) is 5.00. The van der Waals surface area contributed by atoms with Crippen LogP contribution in [0, 0.1) is 11.8 Å². The third kappa shape index (κ3) is 2.26. The quantitative estimate of drug-likeness (QED) is 0.893. The highest BCUT2D eigenvalue weighted by molar-refractivity contribution is 7.09. The zero-order valence-electron chi connectivity index (χ0n) is 12.1. The Morgan fingerprint density at radius 1 is 1.47 bits per heavy atom. The molecule has 2 nitrogen and oxygen atoms in total. The van der Waals surface area contributed by atoms with Gasteiger partial charge < -0.3 is 5.73 Å². The normalized spacial score (nSPS) is 33.7. The van der Waals surface area contributed by atoms with Crippen molar-refractivity contribution in [2.75, 3.05) is 6.54 Å². The molecule has 1 aromatic heterocycles. The lowest BCUT2D eigenvalue weighted by Crippen LogP contribution is -2.59. The van der Waals surface area contributed by atoms with E-state index in [-0.39, 0.29) is 5.54 Å². The number of nitrogens with zero attached hydrogens (tertiary/aromatic N) is 1. The minimum Gasteiger partial charge on any atom is -0.329 e. The van der Waals surface area contributed by atoms with Crippen LogP contribution in [-0.4, -0.2) is 23.0 Å². The van der Waals surface area contributed by atoms with Crippen molar-refractivity contribution in [2.24, 2.45) is 17.6 Å². The first kappa shape index (κ1) is 13.6. The van der Waals surface area contributed by atoms with E-state index in [1.807, 2.05) is 11.3 Å². The Kier molecular flexibility index (Phi) is 3.71. The van der Waals surface area contributed by atoms with Crippen LogP contribution in [0.15, 0.2) is 17.5 Å². The van der Waals surface area contributed by atoms with Crippen molar-refractivity contribution in [3.05, 3.63) is 22.4 Å². The van der Waals surface area contributed by atoms with E-state index < -0.39 is 0 Å². The SMILES string of the molecule is CC(C)N(Cc1cccs1)C1(CN)CC2CCC1C2. The molecule has 3 unspecified atom stereocenters. The van der Waals surface area contributed by atoms with Gasteiger partial charge in [-0.1, -0.05) is 12.5 Å². The van der Waals surface area contributed by atoms with Crippen LogP contribution in [0.5, 0.6) is 0 Å². The lowest BCUT2D eigenvalue weighted by molar-refractivity contribution is 0.00945. The lowest BCUT2D eigenvalue weighted by atomic mass is 9.78. The van der Waals surface area contributed by atoms with Crippen molar-refractivity contribution in [3.8, 4) is 0 Å². The third-order valence-corrected chi connectivity index (χ3v) is 6.26. The van der Waals surface area contributed by atoms with Crippen LogP contribution in [0.2, 0.25) is 0 Å². The summed E-state index contributed by atoms with van der Waals surface area (Å²) in [7, 11) is 0. The Labute approximate surface area is 121 Å². The van der Waals surface area contributed by atoms with Crippen LogP contribution in [0.25, 0.3) is 0 Å². The van der Waals surface area contributed by atoms with Crippen molar-refractivity contribution in [1.82, 2.24) is 4.90 Å². The van der Waals surface area contributed by atoms with Gasteiger partial charge in [0.1, 0.15) is 0 Å². The molecule has 3 atom stereocenters. The van der Waals surface area contributed by atoms with Crippen molar-refractivity contribution in [1.29, 1.82) is 0 Å². The first-order valence-electron chi connectivity index (χ1n) is 7.65. The van der Waals surface area contributed by atoms with Crippen LogP contribution >= 0.6 is 11.3 Å². The molecule has 2 aliphatic carbocycles. The summed E-state index contributed by atoms with van der Waals surface area (Å²) in [5, 5.41) is 2.18. The van der Waals surface area contributed by atoms with Gasteiger partial charge in [0.2, 0.25) is 0 Å². The topological polar surface area (TPSA) is 29.3 Å². The highest BCUT2D eigenvalue weighted by Crippen LogP contribution is 2.53. The van der Waals surface area contributed by atoms with Crippen LogP contribution in [0.3, 0.4) is 0 Å². The first-order valence-corrected chi connectivity index (χ1v) is 8.53. The van der Waals surface area contributed by atoms with E-state index >= 15 is 0 Å². The molecule has 0 saturated heterocycles. The molecule has 2 fully saturated rings. The third-order valence-electron chi connectivity index (χ3n) is 5.40. The van der Waals surface area contributed by atoms with Gasteiger partial charge in [-0.25, -0.2) is 0 Å². The smallest absolute Gasteiger partial charge is 0.0369 e. The summed E-state index contributed by atoms with van der Waals surface area (Å²) in [5.41, 5.74) is 6.56. The van der Waals surface area contributed by atoms with Gasteiger partial charge in [-0.2, -0.15) is 0 Å². The number of hydrogen-bond acceptors (Lipinski definition) is 3. The first-order chi connectivity index (χ1) is 9.15. The zero-order valence-corrected chi connectivity index (χ0v) is 13.0. The summed E-state index contributed by atoms with van der Waals surface area (Å²) >= 11 is 1.87. The standard InChI is InChI=1S/C16H26N2S/c1-12(2)18(10-15-4-3-7-19-15)16(11-17)9-13-5-6-14(16)8-13/h3-4,7,12-14H,5-6,8-11,17H2,1-2H3. The predicted octanol–water partition coefficient (Wildman–Crippen LogP) is 3.48. The molecule has 0 aromatic carbocycles. The fourth-order valence-electron chi connectivity index (χ4n) is 4.56. The highest BCUT2D eigenvalue weighted by atomic mass is 32.1. The zero-order chi connectivity index (χ0) is 13.5. The highest BCUT2D eigenvalue weighted by Gasteiger charge is 2.53. The van der Waals surface area contributed by atoms with Crippen molar-refractivity contribution in [2.45, 2.75) is 57.7 Å². The number of nitrogens with two attached hydrogens (primary N) is 1. The molecule has 1 aromatic rings. The molecule has 0 radical (unpaired) electrons. The number of thiophene rings is 1. The van der Waals surface area contributed by atoms with E-state index in [0.717, 1.165) is 24.9 Å². The second-order valence-corrected chi connectivity index (χ2v) is 7.72. The summed E-state index contributed by atoms with van der Waals surface area (Å²) < 4.78 is 0. The van der Waals surface area contributed by atoms with E-state index in [2.05, 4.69) is 36.3 Å². The Balaban J connectivity index is 1.86. The number of rotatable bonds is 5. The fourth-order valence-corrected chi connectivity index (χ4v) is 5.26. The van der Waals surface area contributed by atoms with E-state index in [9.17, 15) is 0 Å². The molecule has 2 N–H and O–H groups in total. The van der Waals surface area contributed by atoms with Crippen molar-refractivity contribution in [3.63, 3.8) is 0 Å². The Morgan fingerprint density at radius 3 is 2.79 bits per heavy atom. The lowest BCUT2D eigenvalue weighted by Gasteiger charge is -2.48. The summed E-state index contributed by atoms with van der Waals surface area (Å²) in [6.07, 6.45) is 5.59. The fraction of sp³-hybridized carbons (Fsp3) is 0.750. The summed E-state index contributed by atoms with van der Waals surface area (Å²) in [5.74, 6) is 1.78. The molecule has 0 aliphatic heterocycles. The van der Waals surface area contributed by atoms with Crippen LogP contribution in [0.4, 0.5) is 0 Å². The van der Waals surface area contributed by atoms with E-state index in [4.69, 9.17) is 5.73 Å². The maximum atomic E-state index is 6.28. The van der Waals surface area contributed by atoms with Gasteiger partial charge in [-0.05, 0) is 56.4 Å². The molecular formula is C16H26N2S. The molecule has 106 valence electrons. The number of hydrogen-bond donors (Lipinski definition) is 1. The van der Waals surface area contributed by atoms with Crippen LogP contribution < -0.4 is 5.73 Å². The largest absolute Gasteiger partial charge is 0.329 e. The van der Waals surface area contributed by atoms with Crippen molar-refractivity contribution >= 4 is 11.3 Å². The molecule has 3 rings (SSSR count). The van der Waals surface area contributed by atoms with E-state index in [1.165, 1.54) is 30.6 Å². The Bertz CT molecular complexity index is 414. The molecule has 19 heavy (non-hydrogen) atoms. The average molecular weight is 278 g/mol. The summed E-state index contributed by atoms with van der Waals surface area (Å²) in [4.78, 5) is 4.19. The Hall–Kier alpha value is -0.380. The minimum absolute atomic E-state index is 0.279. The molecular weight excluding hydrogens is 252 g/mol. The maximum Gasteiger partial charge on any atom is 0.0369 e. The van der Waals surface area contributed by atoms with Gasteiger partial charge in [0.25, 0.3) is 0 Å². The van der Waals surface area contributed by atoms with E-state index in [1.54, 1.807) is 0 Å². The monoisotopic (exact) mass is 278 g/mol. The second-order valence-electron chi connectivity index (χ2n) is 6.69. The van der Waals surface area contributed by atoms with Gasteiger partial charge in [0.05, 0.1) is 0 Å².